The van der Waals surface area contributed by atoms with Crippen LogP contribution in [-0.2, 0) is 4.79 Å². The fourth-order valence-corrected chi connectivity index (χ4v) is 3.25. The van der Waals surface area contributed by atoms with Gasteiger partial charge < -0.3 is 4.90 Å². The Labute approximate surface area is 110 Å². The van der Waals surface area contributed by atoms with Crippen molar-refractivity contribution in [1.29, 1.82) is 0 Å². The summed E-state index contributed by atoms with van der Waals surface area (Å²) in [5.41, 5.74) is 0. The quantitative estimate of drug-likeness (QED) is 0.691. The molecule has 0 aromatic heterocycles. The lowest BCUT2D eigenvalue weighted by atomic mass is 9.88. The van der Waals surface area contributed by atoms with Crippen LogP contribution in [0, 0.1) is 11.8 Å². The number of hydrogen-bond donors (Lipinski definition) is 0. The zero-order valence-corrected chi connectivity index (χ0v) is 11.6. The fourth-order valence-electron chi connectivity index (χ4n) is 3.13. The number of alkyl halides is 1. The third kappa shape index (κ3) is 2.96. The molecule has 17 heavy (non-hydrogen) atoms. The Morgan fingerprint density at radius 1 is 1.24 bits per heavy atom. The highest BCUT2D eigenvalue weighted by Crippen LogP contribution is 2.35. The van der Waals surface area contributed by atoms with Crippen molar-refractivity contribution in [3.05, 3.63) is 0 Å². The van der Waals surface area contributed by atoms with Crippen molar-refractivity contribution in [2.75, 3.05) is 12.4 Å². The van der Waals surface area contributed by atoms with E-state index in [0.717, 1.165) is 19.4 Å². The number of hydrogen-bond acceptors (Lipinski definition) is 1. The van der Waals surface area contributed by atoms with Crippen molar-refractivity contribution in [1.82, 2.24) is 4.90 Å². The molecule has 0 heterocycles. The van der Waals surface area contributed by atoms with Crippen LogP contribution in [0.5, 0.6) is 0 Å². The molecule has 2 saturated carbocycles. The zero-order chi connectivity index (χ0) is 12.3. The number of nitrogens with zero attached hydrogens (tertiary/aromatic N) is 1. The molecule has 0 aromatic carbocycles. The molecule has 0 radical (unpaired) electrons. The normalized spacial score (nSPS) is 29.1. The molecule has 2 fully saturated rings. The van der Waals surface area contributed by atoms with Gasteiger partial charge in [-0.25, -0.2) is 0 Å². The predicted molar refractivity (Wildman–Crippen MR) is 71.2 cm³/mol. The lowest BCUT2D eigenvalue weighted by molar-refractivity contribution is -0.140. The minimum absolute atomic E-state index is 0.297. The van der Waals surface area contributed by atoms with E-state index in [0.29, 0.717) is 29.7 Å². The highest BCUT2D eigenvalue weighted by molar-refractivity contribution is 6.17. The van der Waals surface area contributed by atoms with Gasteiger partial charge in [-0.15, -0.1) is 11.6 Å². The molecule has 0 aliphatic heterocycles. The summed E-state index contributed by atoms with van der Waals surface area (Å²) >= 11 is 5.77. The molecule has 0 N–H and O–H groups in total. The van der Waals surface area contributed by atoms with E-state index >= 15 is 0 Å². The molecular formula is C14H24ClNO. The Hall–Kier alpha value is -0.240. The van der Waals surface area contributed by atoms with Crippen molar-refractivity contribution in [3.63, 3.8) is 0 Å². The Morgan fingerprint density at radius 3 is 2.41 bits per heavy atom. The van der Waals surface area contributed by atoms with E-state index in [1.54, 1.807) is 0 Å². The van der Waals surface area contributed by atoms with E-state index < -0.39 is 0 Å². The number of halogens is 1. The molecule has 2 unspecified atom stereocenters. The van der Waals surface area contributed by atoms with Crippen LogP contribution in [0.15, 0.2) is 0 Å². The van der Waals surface area contributed by atoms with Gasteiger partial charge in [0.05, 0.1) is 0 Å². The van der Waals surface area contributed by atoms with E-state index in [4.69, 9.17) is 11.6 Å². The molecule has 1 amide bonds. The first kappa shape index (κ1) is 13.2. The van der Waals surface area contributed by atoms with Crippen molar-refractivity contribution in [2.24, 2.45) is 11.8 Å². The van der Waals surface area contributed by atoms with Gasteiger partial charge in [-0.3, -0.25) is 4.79 Å². The van der Waals surface area contributed by atoms with Gasteiger partial charge in [-0.2, -0.15) is 0 Å². The molecule has 2 rings (SSSR count). The molecule has 0 saturated heterocycles. The van der Waals surface area contributed by atoms with Crippen molar-refractivity contribution >= 4 is 17.5 Å². The lowest BCUT2D eigenvalue weighted by Crippen LogP contribution is -2.47. The van der Waals surface area contributed by atoms with Crippen LogP contribution in [0.2, 0.25) is 0 Å². The molecule has 2 aliphatic rings. The van der Waals surface area contributed by atoms with Gasteiger partial charge in [-0.1, -0.05) is 13.3 Å². The Balaban J connectivity index is 1.95. The molecule has 0 spiro atoms. The minimum atomic E-state index is 0.297. The number of carbonyl (C=O) groups excluding carboxylic acids is 1. The standard InChI is InChI=1S/C14H24ClNO/c1-11-5-2-8-13(11)14(17)16(10-4-9-15)12-6-3-7-12/h11-13H,2-10H2,1H3. The van der Waals surface area contributed by atoms with Gasteiger partial charge >= 0.3 is 0 Å². The fraction of sp³-hybridized carbons (Fsp3) is 0.929. The van der Waals surface area contributed by atoms with Crippen LogP contribution in [0.4, 0.5) is 0 Å². The van der Waals surface area contributed by atoms with Crippen LogP contribution >= 0.6 is 11.6 Å². The highest BCUT2D eigenvalue weighted by atomic mass is 35.5. The molecule has 0 bridgehead atoms. The molecule has 2 nitrogen and oxygen atoms in total. The topological polar surface area (TPSA) is 20.3 Å². The Bertz CT molecular complexity index is 265. The first-order valence-electron chi connectivity index (χ1n) is 7.10. The van der Waals surface area contributed by atoms with Crippen LogP contribution in [0.25, 0.3) is 0 Å². The monoisotopic (exact) mass is 257 g/mol. The van der Waals surface area contributed by atoms with Crippen LogP contribution < -0.4 is 0 Å². The van der Waals surface area contributed by atoms with E-state index in [9.17, 15) is 4.79 Å². The third-order valence-electron chi connectivity index (χ3n) is 4.51. The minimum Gasteiger partial charge on any atom is -0.339 e. The smallest absolute Gasteiger partial charge is 0.226 e. The van der Waals surface area contributed by atoms with Crippen LogP contribution in [0.1, 0.15) is 51.9 Å². The SMILES string of the molecule is CC1CCCC1C(=O)N(CCCCl)C1CCC1. The Morgan fingerprint density at radius 2 is 1.94 bits per heavy atom. The van der Waals surface area contributed by atoms with Crippen molar-refractivity contribution in [2.45, 2.75) is 57.9 Å². The molecule has 0 aromatic rings. The summed E-state index contributed by atoms with van der Waals surface area (Å²) in [6.07, 6.45) is 8.19. The zero-order valence-electron chi connectivity index (χ0n) is 10.8. The largest absolute Gasteiger partial charge is 0.339 e. The Kier molecular flexibility index (Phi) is 4.72. The molecular weight excluding hydrogens is 234 g/mol. The third-order valence-corrected chi connectivity index (χ3v) is 4.78. The average Bonchev–Trinajstić information content (AvgIpc) is 2.67. The second kappa shape index (κ2) is 6.08. The second-order valence-electron chi connectivity index (χ2n) is 5.67. The van der Waals surface area contributed by atoms with Crippen molar-refractivity contribution < 1.29 is 4.79 Å². The first-order valence-corrected chi connectivity index (χ1v) is 7.64. The van der Waals surface area contributed by atoms with Gasteiger partial charge in [-0.05, 0) is 44.4 Å². The summed E-state index contributed by atoms with van der Waals surface area (Å²) in [6, 6.07) is 0.526. The van der Waals surface area contributed by atoms with Gasteiger partial charge in [0, 0.05) is 24.4 Å². The van der Waals surface area contributed by atoms with E-state index in [2.05, 4.69) is 11.8 Å². The lowest BCUT2D eigenvalue weighted by Gasteiger charge is -2.39. The first-order chi connectivity index (χ1) is 8.24. The maximum absolute atomic E-state index is 12.6. The average molecular weight is 258 g/mol. The summed E-state index contributed by atoms with van der Waals surface area (Å²) in [4.78, 5) is 14.7. The number of amides is 1. The molecule has 98 valence electrons. The second-order valence-corrected chi connectivity index (χ2v) is 6.05. The number of rotatable bonds is 5. The summed E-state index contributed by atoms with van der Waals surface area (Å²) in [6.45, 7) is 3.10. The van der Waals surface area contributed by atoms with E-state index in [1.807, 2.05) is 0 Å². The number of carbonyl (C=O) groups is 1. The maximum Gasteiger partial charge on any atom is 0.226 e. The molecule has 2 atom stereocenters. The summed E-state index contributed by atoms with van der Waals surface area (Å²) in [7, 11) is 0. The van der Waals surface area contributed by atoms with E-state index in [1.165, 1.54) is 32.1 Å². The molecule has 2 aliphatic carbocycles. The van der Waals surface area contributed by atoms with Gasteiger partial charge in [0.1, 0.15) is 0 Å². The summed E-state index contributed by atoms with van der Waals surface area (Å²) < 4.78 is 0. The van der Waals surface area contributed by atoms with Crippen molar-refractivity contribution in [3.8, 4) is 0 Å². The summed E-state index contributed by atoms with van der Waals surface area (Å²) in [5, 5.41) is 0. The maximum atomic E-state index is 12.6. The highest BCUT2D eigenvalue weighted by Gasteiger charge is 2.36. The van der Waals surface area contributed by atoms with Gasteiger partial charge in [0.2, 0.25) is 5.91 Å². The predicted octanol–water partition coefficient (Wildman–Crippen LogP) is 3.43. The van der Waals surface area contributed by atoms with Gasteiger partial charge in [0.25, 0.3) is 0 Å². The van der Waals surface area contributed by atoms with E-state index in [-0.39, 0.29) is 0 Å². The molecule has 3 heteroatoms. The summed E-state index contributed by atoms with van der Waals surface area (Å²) in [5.74, 6) is 1.97. The van der Waals surface area contributed by atoms with Crippen LogP contribution in [0.3, 0.4) is 0 Å². The van der Waals surface area contributed by atoms with Crippen LogP contribution in [-0.4, -0.2) is 29.3 Å². The van der Waals surface area contributed by atoms with Gasteiger partial charge in [0.15, 0.2) is 0 Å².